The van der Waals surface area contributed by atoms with E-state index in [4.69, 9.17) is 5.73 Å². The highest BCUT2D eigenvalue weighted by Crippen LogP contribution is 2.37. The van der Waals surface area contributed by atoms with Gasteiger partial charge in [0.05, 0.1) is 0 Å². The molecule has 1 heterocycles. The van der Waals surface area contributed by atoms with Crippen molar-refractivity contribution < 1.29 is 0 Å². The molecule has 1 aliphatic heterocycles. The van der Waals surface area contributed by atoms with Gasteiger partial charge in [0.25, 0.3) is 0 Å². The molecule has 5 heteroatoms. The molecule has 2 rings (SSSR count). The van der Waals surface area contributed by atoms with Gasteiger partial charge in [-0.2, -0.15) is 11.8 Å². The molecule has 0 aromatic rings. The largest absolute Gasteiger partial charge is 0.370 e. The van der Waals surface area contributed by atoms with E-state index in [0.717, 1.165) is 31.5 Å². The van der Waals surface area contributed by atoms with Crippen molar-refractivity contribution in [2.24, 2.45) is 22.1 Å². The van der Waals surface area contributed by atoms with E-state index in [2.05, 4.69) is 23.7 Å². The summed E-state index contributed by atoms with van der Waals surface area (Å²) in [5, 5.41) is 0. The van der Waals surface area contributed by atoms with Crippen LogP contribution in [0.5, 0.6) is 0 Å². The molecule has 2 fully saturated rings. The van der Waals surface area contributed by atoms with Crippen LogP contribution in [0, 0.1) is 11.3 Å². The maximum absolute atomic E-state index is 6.09. The van der Waals surface area contributed by atoms with Crippen molar-refractivity contribution in [2.75, 3.05) is 31.1 Å². The van der Waals surface area contributed by atoms with Gasteiger partial charge in [-0.05, 0) is 37.0 Å². The third kappa shape index (κ3) is 5.69. The van der Waals surface area contributed by atoms with E-state index in [1.165, 1.54) is 37.2 Å². The summed E-state index contributed by atoms with van der Waals surface area (Å²) in [6.45, 7) is 7.83. The number of nitrogens with two attached hydrogens (primary N) is 1. The Hall–Kier alpha value is 0.350. The number of nitrogens with zero attached hydrogens (tertiary/aromatic N) is 2. The summed E-state index contributed by atoms with van der Waals surface area (Å²) in [6.07, 6.45) is 5.32. The van der Waals surface area contributed by atoms with Crippen molar-refractivity contribution in [3.05, 3.63) is 0 Å². The first-order chi connectivity index (χ1) is 8.57. The first-order valence-corrected chi connectivity index (χ1v) is 8.35. The topological polar surface area (TPSA) is 41.6 Å². The summed E-state index contributed by atoms with van der Waals surface area (Å²) in [4.78, 5) is 6.87. The molecule has 2 aliphatic rings. The third-order valence-corrected chi connectivity index (χ3v) is 5.25. The van der Waals surface area contributed by atoms with Crippen LogP contribution >= 0.6 is 35.7 Å². The molecule has 0 spiro atoms. The SMILES string of the molecule is CC1(C)CCC(CN=C(N)N2CCSCC2)CC1.I. The number of thioether (sulfide) groups is 1. The lowest BCUT2D eigenvalue weighted by molar-refractivity contribution is 0.195. The molecule has 0 unspecified atom stereocenters. The fourth-order valence-electron chi connectivity index (χ4n) is 2.76. The maximum atomic E-state index is 6.09. The van der Waals surface area contributed by atoms with Crippen LogP contribution in [0.1, 0.15) is 39.5 Å². The Bertz CT molecular complexity index is 291. The summed E-state index contributed by atoms with van der Waals surface area (Å²) in [7, 11) is 0. The van der Waals surface area contributed by atoms with Crippen molar-refractivity contribution in [3.8, 4) is 0 Å². The lowest BCUT2D eigenvalue weighted by atomic mass is 9.73. The van der Waals surface area contributed by atoms with Crippen LogP contribution in [0.25, 0.3) is 0 Å². The van der Waals surface area contributed by atoms with Crippen molar-refractivity contribution in [2.45, 2.75) is 39.5 Å². The summed E-state index contributed by atoms with van der Waals surface area (Å²) < 4.78 is 0. The Kier molecular flexibility index (Phi) is 7.29. The number of hydrogen-bond donors (Lipinski definition) is 1. The maximum Gasteiger partial charge on any atom is 0.191 e. The highest BCUT2D eigenvalue weighted by Gasteiger charge is 2.26. The van der Waals surface area contributed by atoms with Gasteiger partial charge in [-0.1, -0.05) is 13.8 Å². The lowest BCUT2D eigenvalue weighted by Crippen LogP contribution is -2.43. The Labute approximate surface area is 139 Å². The zero-order chi connectivity index (χ0) is 13.0. The average Bonchev–Trinajstić information content (AvgIpc) is 2.38. The van der Waals surface area contributed by atoms with Gasteiger partial charge in [0, 0.05) is 31.1 Å². The second kappa shape index (κ2) is 7.96. The van der Waals surface area contributed by atoms with Crippen molar-refractivity contribution >= 4 is 41.7 Å². The van der Waals surface area contributed by atoms with Crippen LogP contribution in [-0.4, -0.2) is 42.0 Å². The predicted octanol–water partition coefficient (Wildman–Crippen LogP) is 3.18. The number of rotatable bonds is 2. The van der Waals surface area contributed by atoms with E-state index in [-0.39, 0.29) is 24.0 Å². The Morgan fingerprint density at radius 1 is 1.26 bits per heavy atom. The van der Waals surface area contributed by atoms with Gasteiger partial charge in [0.1, 0.15) is 0 Å². The van der Waals surface area contributed by atoms with Gasteiger partial charge in [-0.15, -0.1) is 24.0 Å². The normalized spacial score (nSPS) is 24.9. The number of hydrogen-bond acceptors (Lipinski definition) is 2. The van der Waals surface area contributed by atoms with E-state index >= 15 is 0 Å². The number of aliphatic imine (C=N–C) groups is 1. The summed E-state index contributed by atoms with van der Waals surface area (Å²) in [5.74, 6) is 3.91. The minimum Gasteiger partial charge on any atom is -0.370 e. The van der Waals surface area contributed by atoms with Crippen LogP contribution < -0.4 is 5.73 Å². The zero-order valence-corrected chi connectivity index (χ0v) is 15.4. The number of halogens is 1. The third-order valence-electron chi connectivity index (χ3n) is 4.31. The van der Waals surface area contributed by atoms with Crippen LogP contribution in [0.2, 0.25) is 0 Å². The standard InChI is InChI=1S/C14H27N3S.HI/c1-14(2)5-3-12(4-6-14)11-16-13(15)17-7-9-18-10-8-17;/h12H,3-11H2,1-2H3,(H2,15,16);1H. The molecule has 1 saturated heterocycles. The summed E-state index contributed by atoms with van der Waals surface area (Å²) in [5.41, 5.74) is 6.64. The fourth-order valence-corrected chi connectivity index (χ4v) is 3.66. The molecule has 1 aliphatic carbocycles. The molecule has 0 atom stereocenters. The highest BCUT2D eigenvalue weighted by atomic mass is 127. The van der Waals surface area contributed by atoms with Crippen molar-refractivity contribution in [3.63, 3.8) is 0 Å². The smallest absolute Gasteiger partial charge is 0.191 e. The molecule has 2 N–H and O–H groups in total. The second-order valence-corrected chi connectivity index (χ2v) is 7.63. The van der Waals surface area contributed by atoms with Gasteiger partial charge >= 0.3 is 0 Å². The monoisotopic (exact) mass is 397 g/mol. The molecule has 19 heavy (non-hydrogen) atoms. The van der Waals surface area contributed by atoms with Crippen LogP contribution in [0.3, 0.4) is 0 Å². The Morgan fingerprint density at radius 2 is 1.84 bits per heavy atom. The molecule has 112 valence electrons. The molecular weight excluding hydrogens is 369 g/mol. The van der Waals surface area contributed by atoms with Crippen LogP contribution in [0.15, 0.2) is 4.99 Å². The van der Waals surface area contributed by atoms with Gasteiger partial charge in [0.15, 0.2) is 5.96 Å². The lowest BCUT2D eigenvalue weighted by Gasteiger charge is -2.34. The van der Waals surface area contributed by atoms with E-state index in [9.17, 15) is 0 Å². The molecule has 0 aromatic heterocycles. The van der Waals surface area contributed by atoms with Gasteiger partial charge in [-0.3, -0.25) is 4.99 Å². The van der Waals surface area contributed by atoms with Crippen LogP contribution in [-0.2, 0) is 0 Å². The van der Waals surface area contributed by atoms with E-state index in [0.29, 0.717) is 5.41 Å². The molecular formula is C14H28IN3S. The molecule has 0 bridgehead atoms. The fraction of sp³-hybridized carbons (Fsp3) is 0.929. The van der Waals surface area contributed by atoms with Gasteiger partial charge in [-0.25, -0.2) is 0 Å². The molecule has 1 saturated carbocycles. The van der Waals surface area contributed by atoms with Gasteiger partial charge in [0.2, 0.25) is 0 Å². The molecule has 0 amide bonds. The minimum absolute atomic E-state index is 0. The quantitative estimate of drug-likeness (QED) is 0.442. The van der Waals surface area contributed by atoms with E-state index < -0.39 is 0 Å². The van der Waals surface area contributed by atoms with Crippen LogP contribution in [0.4, 0.5) is 0 Å². The first-order valence-electron chi connectivity index (χ1n) is 7.19. The zero-order valence-electron chi connectivity index (χ0n) is 12.2. The van der Waals surface area contributed by atoms with E-state index in [1.54, 1.807) is 0 Å². The molecule has 0 radical (unpaired) electrons. The summed E-state index contributed by atoms with van der Waals surface area (Å²) >= 11 is 2.01. The average molecular weight is 397 g/mol. The number of guanidine groups is 1. The Morgan fingerprint density at radius 3 is 2.42 bits per heavy atom. The van der Waals surface area contributed by atoms with Gasteiger partial charge < -0.3 is 10.6 Å². The molecule has 0 aromatic carbocycles. The van der Waals surface area contributed by atoms with E-state index in [1.807, 2.05) is 11.8 Å². The summed E-state index contributed by atoms with van der Waals surface area (Å²) in [6, 6.07) is 0. The molecule has 3 nitrogen and oxygen atoms in total. The van der Waals surface area contributed by atoms with Crippen molar-refractivity contribution in [1.29, 1.82) is 0 Å². The second-order valence-electron chi connectivity index (χ2n) is 6.41. The predicted molar refractivity (Wildman–Crippen MR) is 96.5 cm³/mol. The Balaban J connectivity index is 0.00000180. The first kappa shape index (κ1) is 17.4. The minimum atomic E-state index is 0. The highest BCUT2D eigenvalue weighted by molar-refractivity contribution is 14.0. The van der Waals surface area contributed by atoms with Crippen molar-refractivity contribution in [1.82, 2.24) is 4.90 Å².